The first-order valence-electron chi connectivity index (χ1n) is 4.11. The Morgan fingerprint density at radius 1 is 1.53 bits per heavy atom. The van der Waals surface area contributed by atoms with Crippen molar-refractivity contribution >= 4 is 5.97 Å². The fourth-order valence-corrected chi connectivity index (χ4v) is 0.976. The number of hydrogen-bond donors (Lipinski definition) is 0. The first kappa shape index (κ1) is 12.8. The first-order chi connectivity index (χ1) is 7.87. The highest BCUT2D eigenvalue weighted by Gasteiger charge is 2.32. The molecule has 5 nitrogen and oxygen atoms in total. The fraction of sp³-hybridized carbons (Fsp3) is 0.222. The van der Waals surface area contributed by atoms with Gasteiger partial charge in [0.05, 0.1) is 18.2 Å². The lowest BCUT2D eigenvalue weighted by Gasteiger charge is -2.08. The van der Waals surface area contributed by atoms with E-state index < -0.39 is 18.2 Å². The molecule has 0 bridgehead atoms. The number of nitriles is 1. The summed E-state index contributed by atoms with van der Waals surface area (Å²) < 4.78 is 43.4. The molecule has 0 aliphatic heterocycles. The Kier molecular flexibility index (Phi) is 3.52. The van der Waals surface area contributed by atoms with Crippen molar-refractivity contribution < 1.29 is 27.4 Å². The van der Waals surface area contributed by atoms with Gasteiger partial charge in [-0.05, 0) is 0 Å². The number of pyridine rings is 1. The van der Waals surface area contributed by atoms with Crippen LogP contribution in [0.1, 0.15) is 15.9 Å². The Labute approximate surface area is 93.4 Å². The highest BCUT2D eigenvalue weighted by molar-refractivity contribution is 5.91. The molecule has 1 aromatic rings. The van der Waals surface area contributed by atoms with Crippen LogP contribution in [0.4, 0.5) is 13.2 Å². The minimum atomic E-state index is -4.91. The summed E-state index contributed by atoms with van der Waals surface area (Å²) in [5.74, 6) is -1.69. The molecule has 8 heteroatoms. The third-order valence-corrected chi connectivity index (χ3v) is 1.62. The highest BCUT2D eigenvalue weighted by atomic mass is 19.4. The number of methoxy groups -OCH3 is 1. The van der Waals surface area contributed by atoms with Crippen molar-refractivity contribution in [3.05, 3.63) is 23.4 Å². The number of carbonyl (C=O) groups excluding carboxylic acids is 1. The standard InChI is InChI=1S/C9H5F3N2O3/c1-16-8(15)6-4-14-7(2-5(6)3-13)17-9(10,11)12/h2,4H,1H3. The van der Waals surface area contributed by atoms with E-state index in [0.29, 0.717) is 6.07 Å². The van der Waals surface area contributed by atoms with Gasteiger partial charge < -0.3 is 9.47 Å². The molecule has 1 aromatic heterocycles. The summed E-state index contributed by atoms with van der Waals surface area (Å²) in [4.78, 5) is 14.4. The van der Waals surface area contributed by atoms with E-state index in [1.54, 1.807) is 6.07 Å². The van der Waals surface area contributed by atoms with Gasteiger partial charge in [-0.1, -0.05) is 0 Å². The molecule has 0 N–H and O–H groups in total. The largest absolute Gasteiger partial charge is 0.574 e. The lowest BCUT2D eigenvalue weighted by atomic mass is 10.1. The fourth-order valence-electron chi connectivity index (χ4n) is 0.976. The van der Waals surface area contributed by atoms with Crippen molar-refractivity contribution in [2.45, 2.75) is 6.36 Å². The molecule has 0 fully saturated rings. The van der Waals surface area contributed by atoms with Crippen molar-refractivity contribution in [1.82, 2.24) is 4.98 Å². The molecular formula is C9H5F3N2O3. The Morgan fingerprint density at radius 3 is 2.65 bits per heavy atom. The second kappa shape index (κ2) is 4.69. The van der Waals surface area contributed by atoms with Crippen LogP contribution >= 0.6 is 0 Å². The predicted octanol–water partition coefficient (Wildman–Crippen LogP) is 1.64. The molecule has 0 unspecified atom stereocenters. The number of carbonyl (C=O) groups is 1. The van der Waals surface area contributed by atoms with Crippen LogP contribution in [0.3, 0.4) is 0 Å². The molecule has 90 valence electrons. The summed E-state index contributed by atoms with van der Waals surface area (Å²) in [5.41, 5.74) is -0.546. The van der Waals surface area contributed by atoms with Crippen LogP contribution in [-0.2, 0) is 4.74 Å². The molecule has 1 heterocycles. The van der Waals surface area contributed by atoms with Crippen molar-refractivity contribution in [1.29, 1.82) is 5.26 Å². The average Bonchev–Trinajstić information content (AvgIpc) is 2.25. The maximum absolute atomic E-state index is 11.9. The lowest BCUT2D eigenvalue weighted by molar-refractivity contribution is -0.276. The van der Waals surface area contributed by atoms with Crippen molar-refractivity contribution in [2.24, 2.45) is 0 Å². The molecular weight excluding hydrogens is 241 g/mol. The van der Waals surface area contributed by atoms with E-state index >= 15 is 0 Å². The lowest BCUT2D eigenvalue weighted by Crippen LogP contribution is -2.18. The van der Waals surface area contributed by atoms with Crippen molar-refractivity contribution in [3.8, 4) is 11.9 Å². The van der Waals surface area contributed by atoms with Gasteiger partial charge in [0.1, 0.15) is 6.07 Å². The first-order valence-corrected chi connectivity index (χ1v) is 4.11. The molecule has 0 amide bonds. The van der Waals surface area contributed by atoms with Gasteiger partial charge in [-0.15, -0.1) is 13.2 Å². The number of aromatic nitrogens is 1. The van der Waals surface area contributed by atoms with E-state index in [1.165, 1.54) is 0 Å². The van der Waals surface area contributed by atoms with Crippen LogP contribution in [0.15, 0.2) is 12.3 Å². The number of rotatable bonds is 2. The van der Waals surface area contributed by atoms with Crippen LogP contribution in [-0.4, -0.2) is 24.4 Å². The molecule has 1 rings (SSSR count). The van der Waals surface area contributed by atoms with Crippen LogP contribution in [0.5, 0.6) is 5.88 Å². The molecule has 0 saturated carbocycles. The second-order valence-electron chi connectivity index (χ2n) is 2.72. The zero-order chi connectivity index (χ0) is 13.1. The monoisotopic (exact) mass is 246 g/mol. The van der Waals surface area contributed by atoms with Crippen LogP contribution in [0.25, 0.3) is 0 Å². The Bertz CT molecular complexity index is 479. The van der Waals surface area contributed by atoms with Gasteiger partial charge in [0.25, 0.3) is 0 Å². The average molecular weight is 246 g/mol. The topological polar surface area (TPSA) is 72.2 Å². The highest BCUT2D eigenvalue weighted by Crippen LogP contribution is 2.22. The normalized spacial score (nSPS) is 10.5. The van der Waals surface area contributed by atoms with Gasteiger partial charge in [0, 0.05) is 12.3 Å². The van der Waals surface area contributed by atoms with Gasteiger partial charge in [0.2, 0.25) is 5.88 Å². The van der Waals surface area contributed by atoms with Gasteiger partial charge in [0.15, 0.2) is 0 Å². The SMILES string of the molecule is COC(=O)c1cnc(OC(F)(F)F)cc1C#N. The maximum atomic E-state index is 11.9. The van der Waals surface area contributed by atoms with E-state index in [-0.39, 0.29) is 11.1 Å². The van der Waals surface area contributed by atoms with Crippen molar-refractivity contribution in [2.75, 3.05) is 7.11 Å². The summed E-state index contributed by atoms with van der Waals surface area (Å²) >= 11 is 0. The summed E-state index contributed by atoms with van der Waals surface area (Å²) in [7, 11) is 1.07. The Morgan fingerprint density at radius 2 is 2.18 bits per heavy atom. The third kappa shape index (κ3) is 3.34. The van der Waals surface area contributed by atoms with Crippen LogP contribution in [0.2, 0.25) is 0 Å². The number of alkyl halides is 3. The van der Waals surface area contributed by atoms with Gasteiger partial charge >= 0.3 is 12.3 Å². The maximum Gasteiger partial charge on any atom is 0.574 e. The quantitative estimate of drug-likeness (QED) is 0.741. The number of halogens is 3. The number of hydrogen-bond acceptors (Lipinski definition) is 5. The van der Waals surface area contributed by atoms with Crippen LogP contribution in [0, 0.1) is 11.3 Å². The molecule has 0 saturated heterocycles. The molecule has 0 aliphatic rings. The third-order valence-electron chi connectivity index (χ3n) is 1.62. The summed E-state index contributed by atoms with van der Waals surface area (Å²) in [6.07, 6.45) is -4.13. The molecule has 17 heavy (non-hydrogen) atoms. The molecule has 0 radical (unpaired) electrons. The summed E-state index contributed by atoms with van der Waals surface area (Å²) in [5, 5.41) is 8.66. The summed E-state index contributed by atoms with van der Waals surface area (Å²) in [6, 6.07) is 2.26. The zero-order valence-electron chi connectivity index (χ0n) is 8.41. The number of ether oxygens (including phenoxy) is 2. The van der Waals surface area contributed by atoms with E-state index in [4.69, 9.17) is 5.26 Å². The molecule has 0 aliphatic carbocycles. The smallest absolute Gasteiger partial charge is 0.465 e. The van der Waals surface area contributed by atoms with Crippen LogP contribution < -0.4 is 4.74 Å². The van der Waals surface area contributed by atoms with Gasteiger partial charge in [-0.3, -0.25) is 0 Å². The second-order valence-corrected chi connectivity index (χ2v) is 2.72. The van der Waals surface area contributed by atoms with E-state index in [9.17, 15) is 18.0 Å². The van der Waals surface area contributed by atoms with E-state index in [0.717, 1.165) is 13.3 Å². The molecule has 0 atom stereocenters. The van der Waals surface area contributed by atoms with E-state index in [2.05, 4.69) is 14.5 Å². The van der Waals surface area contributed by atoms with Crippen molar-refractivity contribution in [3.63, 3.8) is 0 Å². The Balaban J connectivity index is 3.10. The van der Waals surface area contributed by atoms with Gasteiger partial charge in [-0.2, -0.15) is 5.26 Å². The predicted molar refractivity (Wildman–Crippen MR) is 47.0 cm³/mol. The minimum absolute atomic E-state index is 0.232. The summed E-state index contributed by atoms with van der Waals surface area (Å²) in [6.45, 7) is 0. The Hall–Kier alpha value is -2.30. The number of nitrogens with zero attached hydrogens (tertiary/aromatic N) is 2. The van der Waals surface area contributed by atoms with E-state index in [1.807, 2.05) is 0 Å². The molecule has 0 spiro atoms. The minimum Gasteiger partial charge on any atom is -0.465 e. The zero-order valence-corrected chi connectivity index (χ0v) is 8.41. The van der Waals surface area contributed by atoms with Gasteiger partial charge in [-0.25, -0.2) is 9.78 Å². The molecule has 0 aromatic carbocycles. The number of esters is 1.